The predicted octanol–water partition coefficient (Wildman–Crippen LogP) is 3.16. The van der Waals surface area contributed by atoms with Crippen molar-refractivity contribution >= 4 is 5.91 Å². The lowest BCUT2D eigenvalue weighted by molar-refractivity contribution is 0.0773. The molecule has 0 aromatic heterocycles. The SMILES string of the molecule is COc1cc(OC)cc(C(=O)N(C)CCOc2ccccc2C)c1. The first-order valence-corrected chi connectivity index (χ1v) is 7.72. The highest BCUT2D eigenvalue weighted by Crippen LogP contribution is 2.23. The van der Waals surface area contributed by atoms with Crippen LogP contribution >= 0.6 is 0 Å². The number of carbonyl (C=O) groups is 1. The molecule has 2 aromatic rings. The van der Waals surface area contributed by atoms with Crippen molar-refractivity contribution in [3.05, 3.63) is 53.6 Å². The molecule has 0 aliphatic heterocycles. The molecule has 0 saturated heterocycles. The molecule has 0 heterocycles. The van der Waals surface area contributed by atoms with Gasteiger partial charge in [0.1, 0.15) is 23.9 Å². The van der Waals surface area contributed by atoms with Crippen LogP contribution in [-0.2, 0) is 0 Å². The van der Waals surface area contributed by atoms with E-state index in [2.05, 4.69) is 0 Å². The van der Waals surface area contributed by atoms with E-state index >= 15 is 0 Å². The third-order valence-electron chi connectivity index (χ3n) is 3.72. The molecule has 0 aliphatic rings. The Morgan fingerprint density at radius 3 is 2.25 bits per heavy atom. The highest BCUT2D eigenvalue weighted by atomic mass is 16.5. The van der Waals surface area contributed by atoms with E-state index in [1.54, 1.807) is 44.4 Å². The lowest BCUT2D eigenvalue weighted by atomic mass is 10.1. The molecule has 0 bridgehead atoms. The summed E-state index contributed by atoms with van der Waals surface area (Å²) in [5.41, 5.74) is 1.59. The predicted molar refractivity (Wildman–Crippen MR) is 93.2 cm³/mol. The Morgan fingerprint density at radius 2 is 1.67 bits per heavy atom. The zero-order valence-electron chi connectivity index (χ0n) is 14.5. The quantitative estimate of drug-likeness (QED) is 0.783. The smallest absolute Gasteiger partial charge is 0.253 e. The van der Waals surface area contributed by atoms with Gasteiger partial charge in [-0.25, -0.2) is 0 Å². The topological polar surface area (TPSA) is 48.0 Å². The van der Waals surface area contributed by atoms with Crippen molar-refractivity contribution in [2.75, 3.05) is 34.4 Å². The molecule has 0 N–H and O–H groups in total. The molecular weight excluding hydrogens is 306 g/mol. The van der Waals surface area contributed by atoms with Crippen LogP contribution in [0.1, 0.15) is 15.9 Å². The Bertz CT molecular complexity index is 677. The maximum absolute atomic E-state index is 12.5. The average molecular weight is 329 g/mol. The Kier molecular flexibility index (Phi) is 6.07. The van der Waals surface area contributed by atoms with Crippen LogP contribution in [0.3, 0.4) is 0 Å². The van der Waals surface area contributed by atoms with Crippen molar-refractivity contribution in [2.45, 2.75) is 6.92 Å². The summed E-state index contributed by atoms with van der Waals surface area (Å²) in [4.78, 5) is 14.2. The highest BCUT2D eigenvalue weighted by Gasteiger charge is 2.14. The summed E-state index contributed by atoms with van der Waals surface area (Å²) in [6.45, 7) is 2.90. The molecule has 2 rings (SSSR count). The second-order valence-electron chi connectivity index (χ2n) is 5.44. The number of carbonyl (C=O) groups excluding carboxylic acids is 1. The number of methoxy groups -OCH3 is 2. The largest absolute Gasteiger partial charge is 0.497 e. The van der Waals surface area contributed by atoms with Crippen LogP contribution < -0.4 is 14.2 Å². The third-order valence-corrected chi connectivity index (χ3v) is 3.72. The minimum Gasteiger partial charge on any atom is -0.497 e. The molecule has 0 unspecified atom stereocenters. The van der Waals surface area contributed by atoms with Crippen LogP contribution in [0.15, 0.2) is 42.5 Å². The molecule has 128 valence electrons. The molecule has 0 spiro atoms. The van der Waals surface area contributed by atoms with Crippen LogP contribution in [0.25, 0.3) is 0 Å². The summed E-state index contributed by atoms with van der Waals surface area (Å²) >= 11 is 0. The van der Waals surface area contributed by atoms with Crippen LogP contribution in [0.4, 0.5) is 0 Å². The standard InChI is InChI=1S/C19H23NO4/c1-14-7-5-6-8-18(14)24-10-9-20(2)19(21)15-11-16(22-3)13-17(12-15)23-4/h5-8,11-13H,9-10H2,1-4H3. The fraction of sp³-hybridized carbons (Fsp3) is 0.316. The molecule has 1 amide bonds. The summed E-state index contributed by atoms with van der Waals surface area (Å²) < 4.78 is 16.1. The molecule has 5 heteroatoms. The normalized spacial score (nSPS) is 10.2. The van der Waals surface area contributed by atoms with E-state index in [1.807, 2.05) is 31.2 Å². The van der Waals surface area contributed by atoms with Gasteiger partial charge in [-0.05, 0) is 30.7 Å². The molecule has 0 saturated carbocycles. The van der Waals surface area contributed by atoms with Crippen molar-refractivity contribution in [3.63, 3.8) is 0 Å². The summed E-state index contributed by atoms with van der Waals surface area (Å²) in [7, 11) is 4.86. The number of para-hydroxylation sites is 1. The van der Waals surface area contributed by atoms with Crippen LogP contribution in [0, 0.1) is 6.92 Å². The van der Waals surface area contributed by atoms with Crippen molar-refractivity contribution in [1.29, 1.82) is 0 Å². The van der Waals surface area contributed by atoms with Gasteiger partial charge >= 0.3 is 0 Å². The summed E-state index contributed by atoms with van der Waals surface area (Å²) in [6.07, 6.45) is 0. The first-order chi connectivity index (χ1) is 11.5. The number of hydrogen-bond acceptors (Lipinski definition) is 4. The lowest BCUT2D eigenvalue weighted by Crippen LogP contribution is -2.31. The molecule has 0 radical (unpaired) electrons. The van der Waals surface area contributed by atoms with Gasteiger partial charge in [0.25, 0.3) is 5.91 Å². The van der Waals surface area contributed by atoms with Crippen LogP contribution in [0.5, 0.6) is 17.2 Å². The number of aryl methyl sites for hydroxylation is 1. The van der Waals surface area contributed by atoms with E-state index in [0.29, 0.717) is 30.2 Å². The van der Waals surface area contributed by atoms with Crippen molar-refractivity contribution < 1.29 is 19.0 Å². The monoisotopic (exact) mass is 329 g/mol. The Labute approximate surface area is 142 Å². The van der Waals surface area contributed by atoms with E-state index in [4.69, 9.17) is 14.2 Å². The highest BCUT2D eigenvalue weighted by molar-refractivity contribution is 5.95. The number of ether oxygens (including phenoxy) is 3. The summed E-state index contributed by atoms with van der Waals surface area (Å²) in [6, 6.07) is 12.9. The number of hydrogen-bond donors (Lipinski definition) is 0. The molecular formula is C19H23NO4. The fourth-order valence-corrected chi connectivity index (χ4v) is 2.26. The van der Waals surface area contributed by atoms with Crippen molar-refractivity contribution in [1.82, 2.24) is 4.90 Å². The number of nitrogens with zero attached hydrogens (tertiary/aromatic N) is 1. The molecule has 0 atom stereocenters. The molecule has 5 nitrogen and oxygen atoms in total. The van der Waals surface area contributed by atoms with Gasteiger partial charge in [-0.3, -0.25) is 4.79 Å². The fourth-order valence-electron chi connectivity index (χ4n) is 2.26. The van der Waals surface area contributed by atoms with Gasteiger partial charge in [-0.15, -0.1) is 0 Å². The first-order valence-electron chi connectivity index (χ1n) is 7.72. The van der Waals surface area contributed by atoms with Crippen LogP contribution in [0.2, 0.25) is 0 Å². The molecule has 2 aromatic carbocycles. The van der Waals surface area contributed by atoms with E-state index in [9.17, 15) is 4.79 Å². The average Bonchev–Trinajstić information content (AvgIpc) is 2.62. The van der Waals surface area contributed by atoms with E-state index < -0.39 is 0 Å². The van der Waals surface area contributed by atoms with Gasteiger partial charge < -0.3 is 19.1 Å². The Hall–Kier alpha value is -2.69. The van der Waals surface area contributed by atoms with Gasteiger partial charge in [-0.1, -0.05) is 18.2 Å². The first kappa shape index (κ1) is 17.7. The maximum atomic E-state index is 12.5. The second-order valence-corrected chi connectivity index (χ2v) is 5.44. The van der Waals surface area contributed by atoms with E-state index in [0.717, 1.165) is 11.3 Å². The van der Waals surface area contributed by atoms with Gasteiger partial charge in [0, 0.05) is 18.7 Å². The number of likely N-dealkylation sites (N-methyl/N-ethyl adjacent to an activating group) is 1. The van der Waals surface area contributed by atoms with Crippen molar-refractivity contribution in [3.8, 4) is 17.2 Å². The zero-order valence-corrected chi connectivity index (χ0v) is 14.5. The van der Waals surface area contributed by atoms with Gasteiger partial charge in [0.2, 0.25) is 0 Å². The van der Waals surface area contributed by atoms with E-state index in [1.165, 1.54) is 0 Å². The van der Waals surface area contributed by atoms with E-state index in [-0.39, 0.29) is 5.91 Å². The Morgan fingerprint density at radius 1 is 1.04 bits per heavy atom. The van der Waals surface area contributed by atoms with Crippen molar-refractivity contribution in [2.24, 2.45) is 0 Å². The summed E-state index contributed by atoms with van der Waals surface area (Å²) in [5, 5.41) is 0. The number of amides is 1. The molecule has 24 heavy (non-hydrogen) atoms. The minimum atomic E-state index is -0.111. The number of benzene rings is 2. The number of rotatable bonds is 7. The molecule has 0 aliphatic carbocycles. The minimum absolute atomic E-state index is 0.111. The second kappa shape index (κ2) is 8.24. The third kappa shape index (κ3) is 4.41. The Balaban J connectivity index is 1.98. The van der Waals surface area contributed by atoms with Crippen LogP contribution in [-0.4, -0.2) is 45.2 Å². The lowest BCUT2D eigenvalue weighted by Gasteiger charge is -2.19. The maximum Gasteiger partial charge on any atom is 0.253 e. The van der Waals surface area contributed by atoms with Gasteiger partial charge in [0.15, 0.2) is 0 Å². The van der Waals surface area contributed by atoms with Gasteiger partial charge in [0.05, 0.1) is 20.8 Å². The molecule has 0 fully saturated rings. The summed E-state index contributed by atoms with van der Waals surface area (Å²) in [5.74, 6) is 1.89. The van der Waals surface area contributed by atoms with Gasteiger partial charge in [-0.2, -0.15) is 0 Å². The zero-order chi connectivity index (χ0) is 17.5.